The highest BCUT2D eigenvalue weighted by Gasteiger charge is 2.26. The Bertz CT molecular complexity index is 1340. The summed E-state index contributed by atoms with van der Waals surface area (Å²) in [6.45, 7) is 4.89. The zero-order valence-electron chi connectivity index (χ0n) is 17.9. The Balaban J connectivity index is 1.49. The lowest BCUT2D eigenvalue weighted by Crippen LogP contribution is -2.50. The van der Waals surface area contributed by atoms with E-state index in [1.54, 1.807) is 47.9 Å². The molecule has 1 aliphatic heterocycles. The van der Waals surface area contributed by atoms with Gasteiger partial charge in [-0.3, -0.25) is 19.0 Å². The van der Waals surface area contributed by atoms with Crippen molar-refractivity contribution >= 4 is 22.7 Å². The van der Waals surface area contributed by atoms with Crippen molar-refractivity contribution in [1.29, 1.82) is 0 Å². The van der Waals surface area contributed by atoms with E-state index in [2.05, 4.69) is 4.98 Å². The summed E-state index contributed by atoms with van der Waals surface area (Å²) >= 11 is 0. The van der Waals surface area contributed by atoms with Crippen LogP contribution in [0.3, 0.4) is 0 Å². The molecular formula is C23H23FN4O4. The van der Waals surface area contributed by atoms with Crippen molar-refractivity contribution in [2.24, 2.45) is 0 Å². The van der Waals surface area contributed by atoms with Gasteiger partial charge in [0.2, 0.25) is 0 Å². The third kappa shape index (κ3) is 3.81. The number of hydrogen-bond donors (Lipinski definition) is 1. The fraction of sp³-hybridized carbons (Fsp3) is 0.304. The average Bonchev–Trinajstić information content (AvgIpc) is 2.80. The zero-order valence-corrected chi connectivity index (χ0v) is 17.9. The second kappa shape index (κ2) is 8.41. The maximum Gasteiger partial charge on any atom is 0.328 e. The van der Waals surface area contributed by atoms with Crippen molar-refractivity contribution in [3.63, 3.8) is 0 Å². The largest absolute Gasteiger partial charge is 0.335 e. The molecule has 2 amide bonds. The van der Waals surface area contributed by atoms with Crippen LogP contribution in [0.5, 0.6) is 0 Å². The maximum atomic E-state index is 13.8. The SMILES string of the molecule is CCn1c(=O)[nH]c2cc(C(=O)N3CCN(C(=O)c4ccc(C)c(F)c4)CC3)ccc2c1=O. The van der Waals surface area contributed by atoms with Crippen LogP contribution in [0, 0.1) is 12.7 Å². The van der Waals surface area contributed by atoms with Gasteiger partial charge in [0, 0.05) is 43.9 Å². The number of amides is 2. The molecular weight excluding hydrogens is 415 g/mol. The summed E-state index contributed by atoms with van der Waals surface area (Å²) in [6.07, 6.45) is 0. The molecule has 9 heteroatoms. The lowest BCUT2D eigenvalue weighted by Gasteiger charge is -2.35. The number of carbonyl (C=O) groups excluding carboxylic acids is 2. The van der Waals surface area contributed by atoms with E-state index in [1.165, 1.54) is 12.1 Å². The van der Waals surface area contributed by atoms with Gasteiger partial charge in [0.25, 0.3) is 17.4 Å². The Kier molecular flexibility index (Phi) is 5.65. The van der Waals surface area contributed by atoms with Crippen molar-refractivity contribution in [2.75, 3.05) is 26.2 Å². The first-order valence-electron chi connectivity index (χ1n) is 10.4. The van der Waals surface area contributed by atoms with Gasteiger partial charge in [-0.25, -0.2) is 9.18 Å². The number of halogens is 1. The van der Waals surface area contributed by atoms with Gasteiger partial charge in [-0.1, -0.05) is 6.07 Å². The van der Waals surface area contributed by atoms with E-state index < -0.39 is 17.1 Å². The molecule has 0 saturated carbocycles. The molecule has 1 aromatic heterocycles. The van der Waals surface area contributed by atoms with E-state index in [0.717, 1.165) is 4.57 Å². The molecule has 0 bridgehead atoms. The van der Waals surface area contributed by atoms with Crippen LogP contribution in [0.15, 0.2) is 46.0 Å². The van der Waals surface area contributed by atoms with Crippen molar-refractivity contribution in [3.8, 4) is 0 Å². The summed E-state index contributed by atoms with van der Waals surface area (Å²) in [6, 6.07) is 9.02. The highest BCUT2D eigenvalue weighted by atomic mass is 19.1. The molecule has 0 spiro atoms. The van der Waals surface area contributed by atoms with Crippen LogP contribution >= 0.6 is 0 Å². The second-order valence-corrected chi connectivity index (χ2v) is 7.79. The number of carbonyl (C=O) groups is 2. The Labute approximate surface area is 182 Å². The standard InChI is InChI=1S/C23H23FN4O4/c1-3-28-22(31)17-7-6-16(13-19(17)25-23(28)32)21(30)27-10-8-26(9-11-27)20(29)15-5-4-14(2)18(24)12-15/h4-7,12-13H,3,8-11H2,1-2H3,(H,25,32). The number of nitrogens with one attached hydrogen (secondary N) is 1. The molecule has 2 aromatic carbocycles. The van der Waals surface area contributed by atoms with E-state index in [4.69, 9.17) is 0 Å². The minimum absolute atomic E-state index is 0.249. The molecule has 166 valence electrons. The zero-order chi connectivity index (χ0) is 23.0. The molecule has 3 aromatic rings. The minimum Gasteiger partial charge on any atom is -0.335 e. The summed E-state index contributed by atoms with van der Waals surface area (Å²) in [4.78, 5) is 56.0. The summed E-state index contributed by atoms with van der Waals surface area (Å²) in [5, 5.41) is 0.337. The molecule has 0 atom stereocenters. The average molecular weight is 438 g/mol. The van der Waals surface area contributed by atoms with Crippen molar-refractivity contribution in [3.05, 3.63) is 79.7 Å². The molecule has 1 N–H and O–H groups in total. The monoisotopic (exact) mass is 438 g/mol. The van der Waals surface area contributed by atoms with Crippen LogP contribution in [-0.4, -0.2) is 57.3 Å². The number of hydrogen-bond acceptors (Lipinski definition) is 4. The maximum absolute atomic E-state index is 13.8. The first-order valence-corrected chi connectivity index (χ1v) is 10.4. The summed E-state index contributed by atoms with van der Waals surface area (Å²) in [5.74, 6) is -0.947. The van der Waals surface area contributed by atoms with Gasteiger partial charge in [-0.15, -0.1) is 0 Å². The van der Waals surface area contributed by atoms with Crippen LogP contribution in [0.25, 0.3) is 10.9 Å². The number of aryl methyl sites for hydroxylation is 1. The van der Waals surface area contributed by atoms with Gasteiger partial charge >= 0.3 is 5.69 Å². The lowest BCUT2D eigenvalue weighted by molar-refractivity contribution is 0.0535. The highest BCUT2D eigenvalue weighted by molar-refractivity contribution is 5.98. The van der Waals surface area contributed by atoms with Gasteiger partial charge in [0.05, 0.1) is 10.9 Å². The van der Waals surface area contributed by atoms with Gasteiger partial charge in [0.1, 0.15) is 5.82 Å². The Morgan fingerprint density at radius 2 is 1.50 bits per heavy atom. The van der Waals surface area contributed by atoms with Crippen LogP contribution in [-0.2, 0) is 6.54 Å². The molecule has 8 nitrogen and oxygen atoms in total. The summed E-state index contributed by atoms with van der Waals surface area (Å²) < 4.78 is 14.9. The van der Waals surface area contributed by atoms with Gasteiger partial charge in [0.15, 0.2) is 0 Å². The number of nitrogens with zero attached hydrogens (tertiary/aromatic N) is 3. The molecule has 4 rings (SSSR count). The van der Waals surface area contributed by atoms with Crippen molar-refractivity contribution in [2.45, 2.75) is 20.4 Å². The van der Waals surface area contributed by atoms with Crippen LogP contribution in [0.4, 0.5) is 4.39 Å². The highest BCUT2D eigenvalue weighted by Crippen LogP contribution is 2.16. The first kappa shape index (κ1) is 21.5. The van der Waals surface area contributed by atoms with Crippen LogP contribution < -0.4 is 11.2 Å². The molecule has 0 radical (unpaired) electrons. The fourth-order valence-electron chi connectivity index (χ4n) is 3.88. The van der Waals surface area contributed by atoms with E-state index in [1.807, 2.05) is 0 Å². The Hall–Kier alpha value is -3.75. The van der Waals surface area contributed by atoms with Crippen molar-refractivity contribution < 1.29 is 14.0 Å². The molecule has 32 heavy (non-hydrogen) atoms. The van der Waals surface area contributed by atoms with E-state index in [0.29, 0.717) is 48.2 Å². The minimum atomic E-state index is -0.519. The van der Waals surface area contributed by atoms with Gasteiger partial charge in [-0.2, -0.15) is 0 Å². The lowest BCUT2D eigenvalue weighted by atomic mass is 10.1. The summed E-state index contributed by atoms with van der Waals surface area (Å²) in [5.41, 5.74) is 0.499. The number of fused-ring (bicyclic) bond motifs is 1. The smallest absolute Gasteiger partial charge is 0.328 e. The Morgan fingerprint density at radius 3 is 2.06 bits per heavy atom. The van der Waals surface area contributed by atoms with E-state index >= 15 is 0 Å². The van der Waals surface area contributed by atoms with Crippen molar-refractivity contribution in [1.82, 2.24) is 19.4 Å². The number of H-pyrrole nitrogens is 1. The van der Waals surface area contributed by atoms with E-state index in [9.17, 15) is 23.6 Å². The predicted octanol–water partition coefficient (Wildman–Crippen LogP) is 1.76. The molecule has 1 aliphatic rings. The Morgan fingerprint density at radius 1 is 0.938 bits per heavy atom. The van der Waals surface area contributed by atoms with Crippen LogP contribution in [0.1, 0.15) is 33.2 Å². The number of aromatic amines is 1. The van der Waals surface area contributed by atoms with Crippen LogP contribution in [0.2, 0.25) is 0 Å². The molecule has 0 aliphatic carbocycles. The quantitative estimate of drug-likeness (QED) is 0.674. The topological polar surface area (TPSA) is 95.5 Å². The number of piperazine rings is 1. The molecule has 1 fully saturated rings. The number of benzene rings is 2. The molecule has 1 saturated heterocycles. The van der Waals surface area contributed by atoms with Gasteiger partial charge < -0.3 is 14.8 Å². The second-order valence-electron chi connectivity index (χ2n) is 7.79. The predicted molar refractivity (Wildman–Crippen MR) is 117 cm³/mol. The fourth-order valence-corrected chi connectivity index (χ4v) is 3.88. The van der Waals surface area contributed by atoms with Gasteiger partial charge in [-0.05, 0) is 49.7 Å². The third-order valence-corrected chi connectivity index (χ3v) is 5.82. The molecule has 2 heterocycles. The molecule has 0 unspecified atom stereocenters. The number of rotatable bonds is 3. The first-order chi connectivity index (χ1) is 15.3. The third-order valence-electron chi connectivity index (χ3n) is 5.82. The van der Waals surface area contributed by atoms with E-state index in [-0.39, 0.29) is 23.9 Å². The number of aromatic nitrogens is 2. The normalized spacial score (nSPS) is 14.1. The summed E-state index contributed by atoms with van der Waals surface area (Å²) in [7, 11) is 0.